The number of carbonyl (C=O) groups is 2. The second kappa shape index (κ2) is 9.49. The number of benzene rings is 1. The van der Waals surface area contributed by atoms with Crippen LogP contribution in [0, 0.1) is 0 Å². The average molecular weight is 457 g/mol. The van der Waals surface area contributed by atoms with E-state index in [-0.39, 0.29) is 17.1 Å². The summed E-state index contributed by atoms with van der Waals surface area (Å²) in [7, 11) is 2.02. The van der Waals surface area contributed by atoms with Crippen LogP contribution in [0.25, 0.3) is 10.9 Å². The van der Waals surface area contributed by atoms with Crippen molar-refractivity contribution in [3.05, 3.63) is 46.5 Å². The van der Waals surface area contributed by atoms with Gasteiger partial charge in [0.2, 0.25) is 5.91 Å². The maximum Gasteiger partial charge on any atom is 0.341 e. The molecule has 5 nitrogen and oxygen atoms in total. The normalized spacial score (nSPS) is 14.7. The molecule has 0 saturated carbocycles. The number of hydrogen-bond acceptors (Lipinski definition) is 5. The number of para-hydroxylation sites is 1. The second-order valence-electron chi connectivity index (χ2n) is 7.86. The first-order chi connectivity index (χ1) is 15.0. The molecule has 1 amide bonds. The van der Waals surface area contributed by atoms with Gasteiger partial charge in [-0.15, -0.1) is 23.1 Å². The number of esters is 1. The first kappa shape index (κ1) is 22.0. The van der Waals surface area contributed by atoms with Crippen molar-refractivity contribution >= 4 is 50.9 Å². The van der Waals surface area contributed by atoms with Crippen molar-refractivity contribution < 1.29 is 14.3 Å². The summed E-state index contributed by atoms with van der Waals surface area (Å²) >= 11 is 3.08. The van der Waals surface area contributed by atoms with E-state index in [1.807, 2.05) is 33.0 Å². The molecule has 1 aliphatic carbocycles. The highest BCUT2D eigenvalue weighted by molar-refractivity contribution is 8.00. The predicted molar refractivity (Wildman–Crippen MR) is 128 cm³/mol. The van der Waals surface area contributed by atoms with Crippen LogP contribution in [-0.4, -0.2) is 28.3 Å². The van der Waals surface area contributed by atoms with Crippen molar-refractivity contribution in [3.8, 4) is 0 Å². The van der Waals surface area contributed by atoms with E-state index < -0.39 is 0 Å². The first-order valence-corrected chi connectivity index (χ1v) is 12.5. The summed E-state index contributed by atoms with van der Waals surface area (Å²) in [6, 6.07) is 8.19. The summed E-state index contributed by atoms with van der Waals surface area (Å²) in [6.07, 6.45) is 7.26. The van der Waals surface area contributed by atoms with E-state index in [1.165, 1.54) is 23.1 Å². The molecule has 0 spiro atoms. The number of hydrogen-bond donors (Lipinski definition) is 1. The monoisotopic (exact) mass is 456 g/mol. The lowest BCUT2D eigenvalue weighted by molar-refractivity contribution is -0.115. The summed E-state index contributed by atoms with van der Waals surface area (Å²) in [5.74, 6) is -0.425. The highest BCUT2D eigenvalue weighted by atomic mass is 32.2. The maximum atomic E-state index is 13.1. The van der Waals surface area contributed by atoms with E-state index in [1.54, 1.807) is 11.3 Å². The van der Waals surface area contributed by atoms with Crippen LogP contribution in [-0.2, 0) is 29.4 Å². The molecular weight excluding hydrogens is 428 g/mol. The van der Waals surface area contributed by atoms with E-state index in [9.17, 15) is 9.59 Å². The van der Waals surface area contributed by atoms with E-state index >= 15 is 0 Å². The van der Waals surface area contributed by atoms with E-state index in [0.717, 1.165) is 47.0 Å². The number of carbonyl (C=O) groups excluding carboxylic acids is 2. The SMILES string of the molecule is CCOC(=O)c1c(NC(=O)[C@H](C)Sc2cn(C)c3ccccc23)sc2c1CCCCC2. The van der Waals surface area contributed by atoms with Crippen LogP contribution in [0.3, 0.4) is 0 Å². The molecule has 0 bridgehead atoms. The van der Waals surface area contributed by atoms with Crippen LogP contribution in [0.5, 0.6) is 0 Å². The number of fused-ring (bicyclic) bond motifs is 2. The Morgan fingerprint density at radius 2 is 2.00 bits per heavy atom. The summed E-state index contributed by atoms with van der Waals surface area (Å²) in [4.78, 5) is 28.1. The number of thiophene rings is 1. The number of aromatic nitrogens is 1. The van der Waals surface area contributed by atoms with Crippen LogP contribution >= 0.6 is 23.1 Å². The summed E-state index contributed by atoms with van der Waals surface area (Å²) in [5, 5.41) is 4.53. The Labute approximate surface area is 191 Å². The van der Waals surface area contributed by atoms with Gasteiger partial charge in [0.05, 0.1) is 17.4 Å². The van der Waals surface area contributed by atoms with Gasteiger partial charge < -0.3 is 14.6 Å². The predicted octanol–water partition coefficient (Wildman–Crippen LogP) is 5.80. The number of aryl methyl sites for hydroxylation is 2. The van der Waals surface area contributed by atoms with Crippen LogP contribution in [0.4, 0.5) is 5.00 Å². The van der Waals surface area contributed by atoms with Gasteiger partial charge in [0.1, 0.15) is 5.00 Å². The fraction of sp³-hybridized carbons (Fsp3) is 0.417. The first-order valence-electron chi connectivity index (χ1n) is 10.8. The number of amides is 1. The maximum absolute atomic E-state index is 13.1. The highest BCUT2D eigenvalue weighted by Crippen LogP contribution is 2.39. The Kier molecular flexibility index (Phi) is 6.72. The van der Waals surface area contributed by atoms with Gasteiger partial charge in [0, 0.05) is 33.9 Å². The molecule has 0 saturated heterocycles. The molecule has 2 heterocycles. The zero-order chi connectivity index (χ0) is 22.0. The minimum Gasteiger partial charge on any atom is -0.462 e. The Bertz CT molecular complexity index is 1120. The smallest absolute Gasteiger partial charge is 0.341 e. The van der Waals surface area contributed by atoms with Crippen molar-refractivity contribution in [1.82, 2.24) is 4.57 Å². The minimum atomic E-state index is -0.327. The third kappa shape index (κ3) is 4.53. The zero-order valence-corrected chi connectivity index (χ0v) is 19.8. The molecule has 2 aromatic heterocycles. The molecule has 7 heteroatoms. The van der Waals surface area contributed by atoms with Gasteiger partial charge in [-0.25, -0.2) is 4.79 Å². The third-order valence-electron chi connectivity index (χ3n) is 5.67. The Morgan fingerprint density at radius 3 is 2.81 bits per heavy atom. The fourth-order valence-electron chi connectivity index (χ4n) is 4.11. The lowest BCUT2D eigenvalue weighted by atomic mass is 10.1. The van der Waals surface area contributed by atoms with Crippen molar-refractivity contribution in [2.24, 2.45) is 7.05 Å². The van der Waals surface area contributed by atoms with E-state index in [4.69, 9.17) is 4.74 Å². The lowest BCUT2D eigenvalue weighted by Crippen LogP contribution is -2.23. The molecule has 0 unspecified atom stereocenters. The number of anilines is 1. The number of nitrogens with zero attached hydrogens (tertiary/aromatic N) is 1. The van der Waals surface area contributed by atoms with Crippen molar-refractivity contribution in [2.45, 2.75) is 56.1 Å². The lowest BCUT2D eigenvalue weighted by Gasteiger charge is -2.12. The van der Waals surface area contributed by atoms with Gasteiger partial charge in [-0.2, -0.15) is 0 Å². The standard InChI is InChI=1S/C24H28N2O3S2/c1-4-29-24(28)21-17-11-6-5-7-13-19(17)31-23(21)25-22(27)15(2)30-20-14-26(3)18-12-9-8-10-16(18)20/h8-10,12,14-15H,4-7,11,13H2,1-3H3,(H,25,27)/t15-/m0/s1. The topological polar surface area (TPSA) is 60.3 Å². The molecule has 3 aromatic rings. The molecule has 1 aromatic carbocycles. The van der Waals surface area contributed by atoms with Crippen molar-refractivity contribution in [3.63, 3.8) is 0 Å². The van der Waals surface area contributed by atoms with Gasteiger partial charge in [-0.3, -0.25) is 4.79 Å². The summed E-state index contributed by atoms with van der Waals surface area (Å²) < 4.78 is 7.41. The number of ether oxygens (including phenoxy) is 1. The number of thioether (sulfide) groups is 1. The van der Waals surface area contributed by atoms with Crippen molar-refractivity contribution in [2.75, 3.05) is 11.9 Å². The third-order valence-corrected chi connectivity index (χ3v) is 8.03. The zero-order valence-electron chi connectivity index (χ0n) is 18.2. The molecular formula is C24H28N2O3S2. The summed E-state index contributed by atoms with van der Waals surface area (Å²) in [5.41, 5.74) is 2.79. The minimum absolute atomic E-state index is 0.0973. The largest absolute Gasteiger partial charge is 0.462 e. The van der Waals surface area contributed by atoms with Gasteiger partial charge in [0.15, 0.2) is 0 Å². The number of nitrogens with one attached hydrogen (secondary N) is 1. The van der Waals surface area contributed by atoms with Crippen molar-refractivity contribution in [1.29, 1.82) is 0 Å². The van der Waals surface area contributed by atoms with E-state index in [2.05, 4.69) is 28.2 Å². The molecule has 0 radical (unpaired) electrons. The van der Waals surface area contributed by atoms with Crippen LogP contribution in [0.2, 0.25) is 0 Å². The van der Waals surface area contributed by atoms with Crippen LogP contribution < -0.4 is 5.32 Å². The molecule has 0 aliphatic heterocycles. The second-order valence-corrected chi connectivity index (χ2v) is 10.3. The average Bonchev–Trinajstić information content (AvgIpc) is 3.15. The fourth-order valence-corrected chi connectivity index (χ4v) is 6.45. The molecule has 1 atom stereocenters. The molecule has 1 aliphatic rings. The van der Waals surface area contributed by atoms with Gasteiger partial charge in [0.25, 0.3) is 0 Å². The highest BCUT2D eigenvalue weighted by Gasteiger charge is 2.28. The van der Waals surface area contributed by atoms with Gasteiger partial charge in [-0.1, -0.05) is 24.6 Å². The number of rotatable bonds is 6. The van der Waals surface area contributed by atoms with Gasteiger partial charge >= 0.3 is 5.97 Å². The van der Waals surface area contributed by atoms with Crippen LogP contribution in [0.15, 0.2) is 35.4 Å². The molecule has 164 valence electrons. The molecule has 0 fully saturated rings. The van der Waals surface area contributed by atoms with Crippen LogP contribution in [0.1, 0.15) is 53.9 Å². The molecule has 4 rings (SSSR count). The Morgan fingerprint density at radius 1 is 1.23 bits per heavy atom. The molecule has 1 N–H and O–H groups in total. The Hall–Kier alpha value is -2.25. The Balaban J connectivity index is 1.56. The van der Waals surface area contributed by atoms with Gasteiger partial charge in [-0.05, 0) is 51.2 Å². The van der Waals surface area contributed by atoms with E-state index in [0.29, 0.717) is 17.2 Å². The summed E-state index contributed by atoms with van der Waals surface area (Å²) in [6.45, 7) is 4.04. The quantitative estimate of drug-likeness (QED) is 0.289. The molecule has 31 heavy (non-hydrogen) atoms.